The number of nitrogens with zero attached hydrogens (tertiary/aromatic N) is 2. The van der Waals surface area contributed by atoms with E-state index in [1.807, 2.05) is 0 Å². The van der Waals surface area contributed by atoms with Gasteiger partial charge in [-0.25, -0.2) is 12.7 Å². The summed E-state index contributed by atoms with van der Waals surface area (Å²) in [4.78, 5) is 0. The second-order valence-electron chi connectivity index (χ2n) is 2.74. The topological polar surface area (TPSA) is 61.2 Å². The van der Waals surface area contributed by atoms with Crippen molar-refractivity contribution in [2.24, 2.45) is 5.92 Å². The molecule has 1 atom stereocenters. The van der Waals surface area contributed by atoms with Crippen molar-refractivity contribution in [1.82, 2.24) is 4.31 Å². The molecular formula is C6H10N2O2S. The van der Waals surface area contributed by atoms with Crippen LogP contribution in [-0.2, 0) is 10.0 Å². The lowest BCUT2D eigenvalue weighted by Crippen LogP contribution is -2.27. The molecule has 0 amide bonds. The van der Waals surface area contributed by atoms with Crippen molar-refractivity contribution in [3.8, 4) is 6.07 Å². The molecule has 1 aliphatic heterocycles. The number of hydrogen-bond donors (Lipinski definition) is 0. The van der Waals surface area contributed by atoms with Gasteiger partial charge in [-0.1, -0.05) is 0 Å². The molecule has 0 bridgehead atoms. The Morgan fingerprint density at radius 1 is 1.64 bits per heavy atom. The Bertz CT molecular complexity index is 277. The second kappa shape index (κ2) is 2.80. The average molecular weight is 174 g/mol. The molecule has 62 valence electrons. The highest BCUT2D eigenvalue weighted by molar-refractivity contribution is 7.88. The van der Waals surface area contributed by atoms with Gasteiger partial charge in [0.1, 0.15) is 0 Å². The Morgan fingerprint density at radius 3 is 2.55 bits per heavy atom. The van der Waals surface area contributed by atoms with Crippen molar-refractivity contribution in [3.05, 3.63) is 0 Å². The summed E-state index contributed by atoms with van der Waals surface area (Å²) >= 11 is 0. The third-order valence-corrected chi connectivity index (χ3v) is 3.07. The lowest BCUT2D eigenvalue weighted by Gasteiger charge is -2.10. The van der Waals surface area contributed by atoms with Crippen LogP contribution in [-0.4, -0.2) is 32.1 Å². The zero-order valence-electron chi connectivity index (χ0n) is 6.32. The van der Waals surface area contributed by atoms with Crippen LogP contribution < -0.4 is 0 Å². The summed E-state index contributed by atoms with van der Waals surface area (Å²) in [7, 11) is -3.06. The van der Waals surface area contributed by atoms with E-state index in [-0.39, 0.29) is 5.92 Å². The predicted molar refractivity (Wildman–Crippen MR) is 40.1 cm³/mol. The van der Waals surface area contributed by atoms with Crippen molar-refractivity contribution in [2.45, 2.75) is 6.42 Å². The van der Waals surface area contributed by atoms with Crippen molar-refractivity contribution in [1.29, 1.82) is 5.26 Å². The minimum Gasteiger partial charge on any atom is -0.213 e. The van der Waals surface area contributed by atoms with Gasteiger partial charge in [-0.3, -0.25) is 0 Å². The summed E-state index contributed by atoms with van der Waals surface area (Å²) in [6, 6.07) is 2.06. The molecule has 0 unspecified atom stereocenters. The summed E-state index contributed by atoms with van der Waals surface area (Å²) in [5, 5.41) is 8.48. The van der Waals surface area contributed by atoms with Crippen molar-refractivity contribution in [2.75, 3.05) is 19.3 Å². The second-order valence-corrected chi connectivity index (χ2v) is 4.72. The molecule has 0 aliphatic carbocycles. The average Bonchev–Trinajstić information content (AvgIpc) is 2.32. The summed E-state index contributed by atoms with van der Waals surface area (Å²) in [6.07, 6.45) is 1.84. The molecule has 5 heteroatoms. The number of nitriles is 1. The van der Waals surface area contributed by atoms with E-state index in [0.29, 0.717) is 19.5 Å². The molecule has 0 radical (unpaired) electrons. The number of hydrogen-bond acceptors (Lipinski definition) is 3. The molecule has 1 fully saturated rings. The van der Waals surface area contributed by atoms with E-state index < -0.39 is 10.0 Å². The van der Waals surface area contributed by atoms with Crippen LogP contribution in [0.25, 0.3) is 0 Å². The van der Waals surface area contributed by atoms with Gasteiger partial charge in [0, 0.05) is 13.1 Å². The van der Waals surface area contributed by atoms with Gasteiger partial charge in [-0.05, 0) is 6.42 Å². The van der Waals surface area contributed by atoms with Gasteiger partial charge in [0.05, 0.1) is 18.2 Å². The van der Waals surface area contributed by atoms with Gasteiger partial charge in [-0.2, -0.15) is 5.26 Å². The first kappa shape index (κ1) is 8.50. The largest absolute Gasteiger partial charge is 0.213 e. The van der Waals surface area contributed by atoms with Crippen LogP contribution in [0.3, 0.4) is 0 Å². The first-order valence-electron chi connectivity index (χ1n) is 3.39. The maximum Gasteiger partial charge on any atom is 0.211 e. The van der Waals surface area contributed by atoms with E-state index in [1.165, 1.54) is 10.6 Å². The standard InChI is InChI=1S/C6H10N2O2S/c1-11(9,10)8-3-2-6(4-7)5-8/h6H,2-3,5H2,1H3/t6-/m1/s1. The zero-order valence-corrected chi connectivity index (χ0v) is 7.13. The third-order valence-electron chi connectivity index (χ3n) is 1.80. The van der Waals surface area contributed by atoms with E-state index in [1.54, 1.807) is 0 Å². The quantitative estimate of drug-likeness (QED) is 0.552. The van der Waals surface area contributed by atoms with E-state index in [2.05, 4.69) is 6.07 Å². The first-order chi connectivity index (χ1) is 5.04. The van der Waals surface area contributed by atoms with Crippen LogP contribution in [0.4, 0.5) is 0 Å². The maximum absolute atomic E-state index is 10.9. The van der Waals surface area contributed by atoms with Crippen LogP contribution in [0.5, 0.6) is 0 Å². The van der Waals surface area contributed by atoms with Crippen molar-refractivity contribution in [3.63, 3.8) is 0 Å². The Balaban J connectivity index is 2.64. The Kier molecular flexibility index (Phi) is 2.16. The molecule has 1 heterocycles. The highest BCUT2D eigenvalue weighted by Gasteiger charge is 2.27. The van der Waals surface area contributed by atoms with Gasteiger partial charge in [0.25, 0.3) is 0 Å². The normalized spacial score (nSPS) is 26.7. The number of sulfonamides is 1. The molecule has 0 spiro atoms. The van der Waals surface area contributed by atoms with Gasteiger partial charge >= 0.3 is 0 Å². The summed E-state index contributed by atoms with van der Waals surface area (Å²) in [6.45, 7) is 0.867. The van der Waals surface area contributed by atoms with E-state index in [9.17, 15) is 8.42 Å². The fourth-order valence-electron chi connectivity index (χ4n) is 1.13. The van der Waals surface area contributed by atoms with Gasteiger partial charge in [-0.15, -0.1) is 0 Å². The van der Waals surface area contributed by atoms with Gasteiger partial charge in [0.2, 0.25) is 10.0 Å². The number of rotatable bonds is 1. The summed E-state index contributed by atoms with van der Waals surface area (Å²) < 4.78 is 23.2. The Labute approximate surface area is 66.5 Å². The molecule has 0 N–H and O–H groups in total. The van der Waals surface area contributed by atoms with Crippen LogP contribution >= 0.6 is 0 Å². The molecule has 1 saturated heterocycles. The summed E-state index contributed by atoms with van der Waals surface area (Å²) in [5.74, 6) is -0.107. The first-order valence-corrected chi connectivity index (χ1v) is 5.23. The monoisotopic (exact) mass is 174 g/mol. The molecule has 1 rings (SSSR count). The predicted octanol–water partition coefficient (Wildman–Crippen LogP) is -0.209. The smallest absolute Gasteiger partial charge is 0.211 e. The van der Waals surface area contributed by atoms with E-state index in [4.69, 9.17) is 5.26 Å². The third kappa shape index (κ3) is 1.91. The van der Waals surface area contributed by atoms with E-state index in [0.717, 1.165) is 0 Å². The van der Waals surface area contributed by atoms with Crippen LogP contribution in [0.15, 0.2) is 0 Å². The fourth-order valence-corrected chi connectivity index (χ4v) is 2.02. The van der Waals surface area contributed by atoms with Crippen molar-refractivity contribution < 1.29 is 8.42 Å². The van der Waals surface area contributed by atoms with Crippen LogP contribution in [0.2, 0.25) is 0 Å². The molecule has 0 aromatic heterocycles. The molecule has 4 nitrogen and oxygen atoms in total. The summed E-state index contributed by atoms with van der Waals surface area (Å²) in [5.41, 5.74) is 0. The fraction of sp³-hybridized carbons (Fsp3) is 0.833. The lowest BCUT2D eigenvalue weighted by molar-refractivity contribution is 0.476. The zero-order chi connectivity index (χ0) is 8.48. The molecule has 11 heavy (non-hydrogen) atoms. The minimum atomic E-state index is -3.06. The lowest BCUT2D eigenvalue weighted by atomic mass is 10.1. The molecule has 1 aliphatic rings. The van der Waals surface area contributed by atoms with Gasteiger partial charge < -0.3 is 0 Å². The highest BCUT2D eigenvalue weighted by atomic mass is 32.2. The molecule has 0 aromatic carbocycles. The van der Waals surface area contributed by atoms with Crippen LogP contribution in [0, 0.1) is 17.2 Å². The Hall–Kier alpha value is -0.600. The van der Waals surface area contributed by atoms with Gasteiger partial charge in [0.15, 0.2) is 0 Å². The Morgan fingerprint density at radius 2 is 2.27 bits per heavy atom. The van der Waals surface area contributed by atoms with Crippen LogP contribution in [0.1, 0.15) is 6.42 Å². The maximum atomic E-state index is 10.9. The SMILES string of the molecule is CS(=O)(=O)N1CC[C@H](C#N)C1. The molecular weight excluding hydrogens is 164 g/mol. The van der Waals surface area contributed by atoms with Crippen molar-refractivity contribution >= 4 is 10.0 Å². The molecule has 0 saturated carbocycles. The van der Waals surface area contributed by atoms with E-state index >= 15 is 0 Å². The highest BCUT2D eigenvalue weighted by Crippen LogP contribution is 2.17. The minimum absolute atomic E-state index is 0.107. The molecule has 0 aromatic rings.